The van der Waals surface area contributed by atoms with Gasteiger partial charge in [-0.3, -0.25) is 4.90 Å². The molecule has 0 aromatic heterocycles. The van der Waals surface area contributed by atoms with Crippen LogP contribution in [0.4, 0.5) is 0 Å². The first-order valence-corrected chi connectivity index (χ1v) is 6.09. The molecule has 1 saturated carbocycles. The summed E-state index contributed by atoms with van der Waals surface area (Å²) in [6.07, 6.45) is 5.00. The second-order valence-electron chi connectivity index (χ2n) is 5.36. The Morgan fingerprint density at radius 1 is 1.07 bits per heavy atom. The largest absolute Gasteiger partial charge is 0.392 e. The van der Waals surface area contributed by atoms with E-state index in [1.54, 1.807) is 0 Å². The van der Waals surface area contributed by atoms with Crippen LogP contribution in [0, 0.1) is 11.8 Å². The lowest BCUT2D eigenvalue weighted by Crippen LogP contribution is -2.39. The summed E-state index contributed by atoms with van der Waals surface area (Å²) < 4.78 is 0. The van der Waals surface area contributed by atoms with E-state index >= 15 is 0 Å². The Labute approximate surface area is 87.3 Å². The van der Waals surface area contributed by atoms with Gasteiger partial charge in [-0.2, -0.15) is 0 Å². The Bertz CT molecular complexity index is 195. The molecule has 0 aromatic carbocycles. The Hall–Kier alpha value is -0.0800. The van der Waals surface area contributed by atoms with Gasteiger partial charge in [0.25, 0.3) is 0 Å². The zero-order valence-corrected chi connectivity index (χ0v) is 9.45. The maximum Gasteiger partial charge on any atom is 0.0679 e. The molecule has 1 aliphatic heterocycles. The first kappa shape index (κ1) is 10.4. The van der Waals surface area contributed by atoms with Crippen molar-refractivity contribution in [1.82, 2.24) is 4.90 Å². The van der Waals surface area contributed by atoms with Crippen LogP contribution in [0.5, 0.6) is 0 Å². The number of rotatable bonds is 1. The molecular weight excluding hydrogens is 174 g/mol. The number of nitrogens with zero attached hydrogens (tertiary/aromatic N) is 1. The molecule has 0 aromatic rings. The van der Waals surface area contributed by atoms with Crippen molar-refractivity contribution in [3.05, 3.63) is 0 Å². The maximum atomic E-state index is 9.51. The average molecular weight is 197 g/mol. The molecule has 2 nitrogen and oxygen atoms in total. The second-order valence-corrected chi connectivity index (χ2v) is 5.36. The highest BCUT2D eigenvalue weighted by molar-refractivity contribution is 4.86. The fourth-order valence-electron chi connectivity index (χ4n) is 2.95. The Morgan fingerprint density at radius 2 is 1.86 bits per heavy atom. The highest BCUT2D eigenvalue weighted by Crippen LogP contribution is 2.33. The highest BCUT2D eigenvalue weighted by atomic mass is 16.3. The minimum atomic E-state index is -0.0512. The van der Waals surface area contributed by atoms with Gasteiger partial charge in [-0.15, -0.1) is 0 Å². The van der Waals surface area contributed by atoms with E-state index in [1.165, 1.54) is 19.3 Å². The quantitative estimate of drug-likeness (QED) is 0.694. The first-order valence-electron chi connectivity index (χ1n) is 6.09. The third kappa shape index (κ3) is 2.12. The third-order valence-corrected chi connectivity index (χ3v) is 4.28. The van der Waals surface area contributed by atoms with Gasteiger partial charge in [0.1, 0.15) is 0 Å². The van der Waals surface area contributed by atoms with Crippen LogP contribution in [0.2, 0.25) is 0 Å². The minimum Gasteiger partial charge on any atom is -0.392 e. The van der Waals surface area contributed by atoms with Crippen LogP contribution in [0.25, 0.3) is 0 Å². The van der Waals surface area contributed by atoms with E-state index in [0.29, 0.717) is 0 Å². The van der Waals surface area contributed by atoms with Crippen molar-refractivity contribution < 1.29 is 5.11 Å². The highest BCUT2D eigenvalue weighted by Gasteiger charge is 2.32. The van der Waals surface area contributed by atoms with Gasteiger partial charge in [0, 0.05) is 19.1 Å². The van der Waals surface area contributed by atoms with E-state index in [2.05, 4.69) is 18.7 Å². The molecule has 14 heavy (non-hydrogen) atoms. The van der Waals surface area contributed by atoms with Crippen LogP contribution in [-0.4, -0.2) is 35.2 Å². The summed E-state index contributed by atoms with van der Waals surface area (Å²) in [6, 6.07) is 0.762. The molecule has 1 saturated heterocycles. The van der Waals surface area contributed by atoms with E-state index in [4.69, 9.17) is 0 Å². The lowest BCUT2D eigenvalue weighted by molar-refractivity contribution is 0.110. The molecule has 0 spiro atoms. The zero-order chi connectivity index (χ0) is 10.1. The topological polar surface area (TPSA) is 23.5 Å². The van der Waals surface area contributed by atoms with E-state index in [1.807, 2.05) is 0 Å². The van der Waals surface area contributed by atoms with Crippen LogP contribution in [0.1, 0.15) is 39.5 Å². The summed E-state index contributed by atoms with van der Waals surface area (Å²) in [5, 5.41) is 9.51. The van der Waals surface area contributed by atoms with E-state index in [-0.39, 0.29) is 6.10 Å². The van der Waals surface area contributed by atoms with Crippen molar-refractivity contribution in [2.75, 3.05) is 13.1 Å². The Balaban J connectivity index is 1.87. The molecule has 1 N–H and O–H groups in total. The molecule has 2 rings (SSSR count). The summed E-state index contributed by atoms with van der Waals surface area (Å²) in [5.74, 6) is 1.77. The molecular formula is C12H23NO. The molecule has 0 amide bonds. The molecule has 2 heteroatoms. The van der Waals surface area contributed by atoms with E-state index < -0.39 is 0 Å². The van der Waals surface area contributed by atoms with Crippen LogP contribution >= 0.6 is 0 Å². The van der Waals surface area contributed by atoms with Gasteiger partial charge in [0.2, 0.25) is 0 Å². The second kappa shape index (κ2) is 4.19. The van der Waals surface area contributed by atoms with Crippen LogP contribution in [0.15, 0.2) is 0 Å². The SMILES string of the molecule is CC1CCC(N2CCC(O)C2)CC1C. The number of aliphatic hydroxyl groups excluding tert-OH is 1. The van der Waals surface area contributed by atoms with Gasteiger partial charge in [-0.1, -0.05) is 13.8 Å². The van der Waals surface area contributed by atoms with Crippen molar-refractivity contribution in [3.63, 3.8) is 0 Å². The van der Waals surface area contributed by atoms with Crippen LogP contribution in [-0.2, 0) is 0 Å². The van der Waals surface area contributed by atoms with Gasteiger partial charge in [-0.25, -0.2) is 0 Å². The van der Waals surface area contributed by atoms with E-state index in [9.17, 15) is 5.11 Å². The molecule has 1 heterocycles. The third-order valence-electron chi connectivity index (χ3n) is 4.28. The van der Waals surface area contributed by atoms with Crippen LogP contribution < -0.4 is 0 Å². The molecule has 0 radical (unpaired) electrons. The smallest absolute Gasteiger partial charge is 0.0679 e. The first-order chi connectivity index (χ1) is 6.66. The molecule has 4 atom stereocenters. The van der Waals surface area contributed by atoms with Crippen LogP contribution in [0.3, 0.4) is 0 Å². The lowest BCUT2D eigenvalue weighted by atomic mass is 9.78. The van der Waals surface area contributed by atoms with Gasteiger partial charge in [0.15, 0.2) is 0 Å². The Morgan fingerprint density at radius 3 is 2.43 bits per heavy atom. The molecule has 2 fully saturated rings. The standard InChI is InChI=1S/C12H23NO/c1-9-3-4-11(7-10(9)2)13-6-5-12(14)8-13/h9-12,14H,3-8H2,1-2H3. The van der Waals surface area contributed by atoms with Crippen molar-refractivity contribution in [1.29, 1.82) is 0 Å². The predicted molar refractivity (Wildman–Crippen MR) is 58.2 cm³/mol. The van der Waals surface area contributed by atoms with Gasteiger partial charge >= 0.3 is 0 Å². The monoisotopic (exact) mass is 197 g/mol. The van der Waals surface area contributed by atoms with Crippen molar-refractivity contribution >= 4 is 0 Å². The molecule has 1 aliphatic carbocycles. The van der Waals surface area contributed by atoms with Crippen molar-refractivity contribution in [3.8, 4) is 0 Å². The molecule has 0 bridgehead atoms. The molecule has 82 valence electrons. The Kier molecular flexibility index (Phi) is 3.13. The molecule has 4 unspecified atom stereocenters. The fraction of sp³-hybridized carbons (Fsp3) is 1.00. The predicted octanol–water partition coefficient (Wildman–Crippen LogP) is 1.88. The summed E-state index contributed by atoms with van der Waals surface area (Å²) in [6.45, 7) is 6.79. The number of β-amino-alcohol motifs (C(OH)–C–C–N with tert-alkyl or cyclic N) is 1. The van der Waals surface area contributed by atoms with Crippen molar-refractivity contribution in [2.45, 2.75) is 51.7 Å². The maximum absolute atomic E-state index is 9.51. The summed E-state index contributed by atoms with van der Waals surface area (Å²) in [5.41, 5.74) is 0. The van der Waals surface area contributed by atoms with Gasteiger partial charge in [-0.05, 0) is 37.5 Å². The number of likely N-dealkylation sites (tertiary alicyclic amines) is 1. The van der Waals surface area contributed by atoms with Gasteiger partial charge in [0.05, 0.1) is 6.10 Å². The summed E-state index contributed by atoms with van der Waals surface area (Å²) >= 11 is 0. The van der Waals surface area contributed by atoms with Gasteiger partial charge < -0.3 is 5.11 Å². The summed E-state index contributed by atoms with van der Waals surface area (Å²) in [7, 11) is 0. The number of hydrogen-bond donors (Lipinski definition) is 1. The number of hydrogen-bond acceptors (Lipinski definition) is 2. The normalized spacial score (nSPS) is 45.6. The lowest BCUT2D eigenvalue weighted by Gasteiger charge is -2.37. The minimum absolute atomic E-state index is 0.0512. The summed E-state index contributed by atoms with van der Waals surface area (Å²) in [4.78, 5) is 2.51. The zero-order valence-electron chi connectivity index (χ0n) is 9.45. The fourth-order valence-corrected chi connectivity index (χ4v) is 2.95. The van der Waals surface area contributed by atoms with E-state index in [0.717, 1.165) is 37.4 Å². The number of aliphatic hydroxyl groups is 1. The van der Waals surface area contributed by atoms with Crippen molar-refractivity contribution in [2.24, 2.45) is 11.8 Å². The average Bonchev–Trinajstić information content (AvgIpc) is 2.57. The molecule has 2 aliphatic rings.